The average Bonchev–Trinajstić information content (AvgIpc) is 3.00. The molecule has 3 aliphatic rings. The number of guanidine groups is 1. The fourth-order valence-corrected chi connectivity index (χ4v) is 7.66. The molecule has 9 heteroatoms. The molecule has 0 radical (unpaired) electrons. The predicted octanol–water partition coefficient (Wildman–Crippen LogP) is 1.40. The van der Waals surface area contributed by atoms with Crippen LogP contribution in [-0.2, 0) is 14.6 Å². The lowest BCUT2D eigenvalue weighted by molar-refractivity contribution is -0.121. The first-order valence-corrected chi connectivity index (χ1v) is 13.4. The molecule has 2 N–H and O–H groups in total. The van der Waals surface area contributed by atoms with Gasteiger partial charge in [-0.15, -0.1) is 0 Å². The van der Waals surface area contributed by atoms with Crippen LogP contribution in [0.25, 0.3) is 0 Å². The molecule has 1 amide bonds. The van der Waals surface area contributed by atoms with Crippen molar-refractivity contribution in [3.8, 4) is 0 Å². The number of carbonyl (C=O) groups is 1. The summed E-state index contributed by atoms with van der Waals surface area (Å²) in [5.74, 6) is 2.16. The Hall–Kier alpha value is -0.960. The molecule has 0 aromatic heterocycles. The van der Waals surface area contributed by atoms with Gasteiger partial charge in [0.25, 0.3) is 0 Å². The average molecular weight is 431 g/mol. The van der Waals surface area contributed by atoms with Crippen molar-refractivity contribution in [2.75, 3.05) is 43.4 Å². The first kappa shape index (κ1) is 21.7. The van der Waals surface area contributed by atoms with E-state index in [1.54, 1.807) is 0 Å². The lowest BCUT2D eigenvalue weighted by atomic mass is 9.87. The van der Waals surface area contributed by atoms with Gasteiger partial charge in [-0.3, -0.25) is 9.79 Å². The van der Waals surface area contributed by atoms with Crippen LogP contribution in [0.15, 0.2) is 4.99 Å². The summed E-state index contributed by atoms with van der Waals surface area (Å²) in [6.45, 7) is 5.32. The fourth-order valence-electron chi connectivity index (χ4n) is 4.42. The molecule has 7 nitrogen and oxygen atoms in total. The van der Waals surface area contributed by atoms with Crippen LogP contribution >= 0.6 is 11.8 Å². The van der Waals surface area contributed by atoms with Gasteiger partial charge in [-0.25, -0.2) is 8.42 Å². The normalized spacial score (nSPS) is 27.0. The maximum Gasteiger partial charge on any atom is 0.222 e. The number of rotatable bonds is 5. The Morgan fingerprint density at radius 2 is 2.07 bits per heavy atom. The van der Waals surface area contributed by atoms with Crippen LogP contribution in [-0.4, -0.2) is 79.4 Å². The SMILES string of the molecule is CCNC(=NCCC(=O)NC1CCS(=O)(=O)C1)N1CCSC2(CCCCC2)C1. The molecule has 2 aliphatic heterocycles. The summed E-state index contributed by atoms with van der Waals surface area (Å²) < 4.78 is 23.4. The number of carbonyl (C=O) groups excluding carboxylic acids is 1. The number of thioether (sulfide) groups is 1. The lowest BCUT2D eigenvalue weighted by Gasteiger charge is -2.45. The maximum atomic E-state index is 12.2. The minimum Gasteiger partial charge on any atom is -0.357 e. The highest BCUT2D eigenvalue weighted by atomic mass is 32.2. The van der Waals surface area contributed by atoms with Gasteiger partial charge in [-0.05, 0) is 26.2 Å². The molecule has 1 aliphatic carbocycles. The molecule has 3 rings (SSSR count). The molecule has 2 heterocycles. The highest BCUT2D eigenvalue weighted by molar-refractivity contribution is 8.00. The predicted molar refractivity (Wildman–Crippen MR) is 116 cm³/mol. The second-order valence-electron chi connectivity index (χ2n) is 8.17. The van der Waals surface area contributed by atoms with E-state index < -0.39 is 9.84 Å². The highest BCUT2D eigenvalue weighted by Gasteiger charge is 2.38. The van der Waals surface area contributed by atoms with Crippen LogP contribution in [0.3, 0.4) is 0 Å². The molecule has 1 spiro atoms. The third kappa shape index (κ3) is 6.02. The molecule has 1 atom stereocenters. The molecule has 0 aromatic rings. The number of hydrogen-bond acceptors (Lipinski definition) is 5. The van der Waals surface area contributed by atoms with Crippen molar-refractivity contribution in [2.24, 2.45) is 4.99 Å². The lowest BCUT2D eigenvalue weighted by Crippen LogP contribution is -2.53. The minimum absolute atomic E-state index is 0.0676. The quantitative estimate of drug-likeness (QED) is 0.506. The standard InChI is InChI=1S/C19H34N4O3S2/c1-2-20-18(23-11-12-27-19(15-23)8-4-3-5-9-19)21-10-6-17(24)22-16-7-13-28(25,26)14-16/h16H,2-15H2,1H3,(H,20,21)(H,22,24). The van der Waals surface area contributed by atoms with E-state index in [0.717, 1.165) is 31.3 Å². The summed E-state index contributed by atoms with van der Waals surface area (Å²) in [5.41, 5.74) is 0. The molecule has 0 bridgehead atoms. The van der Waals surface area contributed by atoms with Gasteiger partial charge in [-0.1, -0.05) is 19.3 Å². The Kier molecular flexibility index (Phi) is 7.53. The topological polar surface area (TPSA) is 90.9 Å². The Morgan fingerprint density at radius 1 is 1.29 bits per heavy atom. The van der Waals surface area contributed by atoms with Gasteiger partial charge in [0, 0.05) is 42.6 Å². The third-order valence-electron chi connectivity index (χ3n) is 5.85. The van der Waals surface area contributed by atoms with Crippen LogP contribution < -0.4 is 10.6 Å². The summed E-state index contributed by atoms with van der Waals surface area (Å²) in [4.78, 5) is 19.2. The third-order valence-corrected chi connectivity index (χ3v) is 9.15. The molecule has 1 unspecified atom stereocenters. The molecular formula is C19H34N4O3S2. The fraction of sp³-hybridized carbons (Fsp3) is 0.895. The van der Waals surface area contributed by atoms with Crippen molar-refractivity contribution in [2.45, 2.75) is 62.7 Å². The van der Waals surface area contributed by atoms with Gasteiger partial charge >= 0.3 is 0 Å². The molecular weight excluding hydrogens is 396 g/mol. The summed E-state index contributed by atoms with van der Waals surface area (Å²) in [6, 6.07) is -0.236. The molecule has 3 fully saturated rings. The Balaban J connectivity index is 1.51. The van der Waals surface area contributed by atoms with Crippen molar-refractivity contribution in [3.63, 3.8) is 0 Å². The zero-order valence-corrected chi connectivity index (χ0v) is 18.5. The highest BCUT2D eigenvalue weighted by Crippen LogP contribution is 2.42. The Labute approximate surface area is 173 Å². The number of sulfone groups is 1. The van der Waals surface area contributed by atoms with Crippen molar-refractivity contribution in [1.82, 2.24) is 15.5 Å². The number of aliphatic imine (C=N–C) groups is 1. The van der Waals surface area contributed by atoms with Crippen LogP contribution in [0, 0.1) is 0 Å². The number of nitrogens with zero attached hydrogens (tertiary/aromatic N) is 2. The molecule has 28 heavy (non-hydrogen) atoms. The van der Waals surface area contributed by atoms with E-state index in [9.17, 15) is 13.2 Å². The number of nitrogens with one attached hydrogen (secondary N) is 2. The zero-order valence-electron chi connectivity index (χ0n) is 16.9. The molecule has 2 saturated heterocycles. The van der Waals surface area contributed by atoms with Crippen molar-refractivity contribution in [1.29, 1.82) is 0 Å². The summed E-state index contributed by atoms with van der Waals surface area (Å²) in [5, 5.41) is 6.23. The van der Waals surface area contributed by atoms with Crippen molar-refractivity contribution in [3.05, 3.63) is 0 Å². The maximum absolute atomic E-state index is 12.2. The van der Waals surface area contributed by atoms with E-state index in [1.165, 1.54) is 32.1 Å². The van der Waals surface area contributed by atoms with Gasteiger partial charge in [0.15, 0.2) is 15.8 Å². The second kappa shape index (κ2) is 9.69. The molecule has 0 aromatic carbocycles. The number of amides is 1. The minimum atomic E-state index is -2.97. The molecule has 1 saturated carbocycles. The van der Waals surface area contributed by atoms with Gasteiger partial charge < -0.3 is 15.5 Å². The van der Waals surface area contributed by atoms with Crippen LogP contribution in [0.1, 0.15) is 51.9 Å². The molecule has 160 valence electrons. The summed E-state index contributed by atoms with van der Waals surface area (Å²) >= 11 is 2.13. The van der Waals surface area contributed by atoms with Crippen LogP contribution in [0.4, 0.5) is 0 Å². The van der Waals surface area contributed by atoms with E-state index >= 15 is 0 Å². The summed E-state index contributed by atoms with van der Waals surface area (Å²) in [6.07, 6.45) is 7.40. The van der Waals surface area contributed by atoms with Crippen LogP contribution in [0.2, 0.25) is 0 Å². The van der Waals surface area contributed by atoms with Crippen LogP contribution in [0.5, 0.6) is 0 Å². The first-order chi connectivity index (χ1) is 13.4. The van der Waals surface area contributed by atoms with E-state index in [2.05, 4.69) is 34.2 Å². The first-order valence-electron chi connectivity index (χ1n) is 10.6. The van der Waals surface area contributed by atoms with E-state index in [4.69, 9.17) is 4.99 Å². The van der Waals surface area contributed by atoms with Gasteiger partial charge in [0.2, 0.25) is 5.91 Å². The Bertz CT molecular complexity index is 669. The second-order valence-corrected chi connectivity index (χ2v) is 12.0. The van der Waals surface area contributed by atoms with E-state index in [-0.39, 0.29) is 23.5 Å². The van der Waals surface area contributed by atoms with Crippen molar-refractivity contribution < 1.29 is 13.2 Å². The van der Waals surface area contributed by atoms with Crippen molar-refractivity contribution >= 4 is 33.5 Å². The smallest absolute Gasteiger partial charge is 0.222 e. The Morgan fingerprint density at radius 3 is 2.75 bits per heavy atom. The summed E-state index contributed by atoms with van der Waals surface area (Å²) in [7, 11) is -2.97. The van der Waals surface area contributed by atoms with Gasteiger partial charge in [0.05, 0.1) is 18.1 Å². The largest absolute Gasteiger partial charge is 0.357 e. The monoisotopic (exact) mass is 430 g/mol. The van der Waals surface area contributed by atoms with Gasteiger partial charge in [0.1, 0.15) is 0 Å². The zero-order chi connectivity index (χ0) is 20.0. The van der Waals surface area contributed by atoms with E-state index in [0.29, 0.717) is 24.1 Å². The number of hydrogen-bond donors (Lipinski definition) is 2. The van der Waals surface area contributed by atoms with E-state index in [1.807, 2.05) is 0 Å². The van der Waals surface area contributed by atoms with Gasteiger partial charge in [-0.2, -0.15) is 11.8 Å².